The van der Waals surface area contributed by atoms with Gasteiger partial charge in [-0.3, -0.25) is 4.99 Å². The van der Waals surface area contributed by atoms with Gasteiger partial charge in [0.1, 0.15) is 17.1 Å². The summed E-state index contributed by atoms with van der Waals surface area (Å²) in [5.41, 5.74) is 2.79. The Bertz CT molecular complexity index is 968. The molecule has 31 heavy (non-hydrogen) atoms. The molecule has 1 aliphatic rings. The van der Waals surface area contributed by atoms with Crippen LogP contribution in [0.25, 0.3) is 11.4 Å². The largest absolute Gasteiger partial charge is 0.506 e. The van der Waals surface area contributed by atoms with Crippen molar-refractivity contribution in [3.05, 3.63) is 42.5 Å². The minimum atomic E-state index is -0.0229. The Morgan fingerprint density at radius 2 is 2.16 bits per heavy atom. The molecule has 3 heterocycles. The van der Waals surface area contributed by atoms with Gasteiger partial charge in [-0.1, -0.05) is 26.5 Å². The first-order valence-electron chi connectivity index (χ1n) is 10.4. The maximum Gasteiger partial charge on any atom is 0.245 e. The Hall–Kier alpha value is -3.33. The van der Waals surface area contributed by atoms with E-state index < -0.39 is 0 Å². The van der Waals surface area contributed by atoms with E-state index in [9.17, 15) is 5.11 Å². The lowest BCUT2D eigenvalue weighted by Crippen LogP contribution is -2.53. The first kappa shape index (κ1) is 22.4. The molecule has 3 N–H and O–H groups in total. The van der Waals surface area contributed by atoms with E-state index >= 15 is 0 Å². The first-order valence-corrected chi connectivity index (χ1v) is 10.4. The van der Waals surface area contributed by atoms with E-state index in [1.54, 1.807) is 24.7 Å². The molecule has 0 spiro atoms. The van der Waals surface area contributed by atoms with Crippen LogP contribution in [0.4, 0.5) is 11.6 Å². The Balaban J connectivity index is 1.69. The minimum Gasteiger partial charge on any atom is -0.506 e. The van der Waals surface area contributed by atoms with Gasteiger partial charge in [0.05, 0.1) is 18.1 Å². The van der Waals surface area contributed by atoms with E-state index in [-0.39, 0.29) is 5.75 Å². The molecule has 9 nitrogen and oxygen atoms in total. The van der Waals surface area contributed by atoms with Crippen molar-refractivity contribution in [2.24, 2.45) is 10.9 Å². The van der Waals surface area contributed by atoms with Gasteiger partial charge in [-0.15, -0.1) is 10.2 Å². The second kappa shape index (κ2) is 10.1. The van der Waals surface area contributed by atoms with E-state index in [1.807, 2.05) is 19.9 Å². The maximum absolute atomic E-state index is 10.4. The number of pyridine rings is 1. The van der Waals surface area contributed by atoms with Gasteiger partial charge in [-0.05, 0) is 19.8 Å². The van der Waals surface area contributed by atoms with Crippen molar-refractivity contribution in [3.63, 3.8) is 0 Å². The lowest BCUT2D eigenvalue weighted by molar-refractivity contribution is 0.365. The molecule has 9 heteroatoms. The Kier molecular flexibility index (Phi) is 7.30. The number of aromatic hydroxyl groups is 1. The van der Waals surface area contributed by atoms with E-state index in [1.165, 1.54) is 0 Å². The molecule has 1 fully saturated rings. The molecule has 1 unspecified atom stereocenters. The zero-order valence-electron chi connectivity index (χ0n) is 18.5. The van der Waals surface area contributed by atoms with E-state index in [0.29, 0.717) is 40.7 Å². The van der Waals surface area contributed by atoms with E-state index in [0.717, 1.165) is 25.3 Å². The van der Waals surface area contributed by atoms with Crippen molar-refractivity contribution in [1.82, 2.24) is 25.5 Å². The van der Waals surface area contributed by atoms with Crippen molar-refractivity contribution in [3.8, 4) is 17.1 Å². The minimum absolute atomic E-state index is 0.0229. The van der Waals surface area contributed by atoms with Gasteiger partial charge in [0.25, 0.3) is 0 Å². The molecule has 1 saturated heterocycles. The summed E-state index contributed by atoms with van der Waals surface area (Å²) >= 11 is 0. The number of rotatable bonds is 7. The molecule has 1 aliphatic heterocycles. The number of hydrogen-bond donors (Lipinski definition) is 3. The highest BCUT2D eigenvalue weighted by molar-refractivity contribution is 5.83. The molecule has 0 bridgehead atoms. The van der Waals surface area contributed by atoms with Gasteiger partial charge in [0, 0.05) is 49.4 Å². The monoisotopic (exact) mass is 422 g/mol. The molecule has 0 amide bonds. The predicted octanol–water partition coefficient (Wildman–Crippen LogP) is 2.99. The summed E-state index contributed by atoms with van der Waals surface area (Å²) in [6, 6.07) is 1.95. The van der Waals surface area contributed by atoms with E-state index in [4.69, 9.17) is 0 Å². The molecule has 1 atom stereocenters. The van der Waals surface area contributed by atoms with Crippen molar-refractivity contribution in [1.29, 1.82) is 0 Å². The lowest BCUT2D eigenvalue weighted by atomic mass is 10.0. The molecule has 3 rings (SSSR count). The number of hydrogen-bond acceptors (Lipinski definition) is 9. The highest BCUT2D eigenvalue weighted by atomic mass is 16.3. The molecular weight excluding hydrogens is 392 g/mol. The Morgan fingerprint density at radius 1 is 1.35 bits per heavy atom. The number of nitrogens with one attached hydrogen (secondary N) is 2. The summed E-state index contributed by atoms with van der Waals surface area (Å²) in [7, 11) is 0. The van der Waals surface area contributed by atoms with Crippen molar-refractivity contribution in [2.75, 3.05) is 29.9 Å². The van der Waals surface area contributed by atoms with Gasteiger partial charge < -0.3 is 20.6 Å². The summed E-state index contributed by atoms with van der Waals surface area (Å²) < 4.78 is 0. The fraction of sp³-hybridized carbons (Fsp3) is 0.409. The zero-order chi connectivity index (χ0) is 22.4. The average molecular weight is 423 g/mol. The van der Waals surface area contributed by atoms with Crippen LogP contribution in [0.2, 0.25) is 0 Å². The molecule has 164 valence electrons. The molecule has 0 aliphatic carbocycles. The highest BCUT2D eigenvalue weighted by Crippen LogP contribution is 2.28. The second-order valence-corrected chi connectivity index (χ2v) is 7.82. The summed E-state index contributed by atoms with van der Waals surface area (Å²) in [6.45, 7) is 14.7. The third kappa shape index (κ3) is 5.85. The predicted molar refractivity (Wildman–Crippen MR) is 124 cm³/mol. The number of nitrogens with zero attached hydrogens (tertiary/aromatic N) is 6. The Morgan fingerprint density at radius 3 is 2.81 bits per heavy atom. The quantitative estimate of drug-likeness (QED) is 0.584. The SMILES string of the molecule is C=C(C=N/C(C)=C\C)Nc1cnc(-c2cnc(N3CCNC(C(C)C)C3)nn2)c(O)c1. The molecule has 0 radical (unpaired) electrons. The fourth-order valence-corrected chi connectivity index (χ4v) is 3.12. The number of aliphatic imine (C=N–C) groups is 1. The van der Waals surface area contributed by atoms with Crippen LogP contribution in [0, 0.1) is 5.92 Å². The van der Waals surface area contributed by atoms with Gasteiger partial charge in [0.2, 0.25) is 5.95 Å². The van der Waals surface area contributed by atoms with Crippen LogP contribution in [-0.4, -0.2) is 57.2 Å². The standard InChI is InChI=1S/C22H30N8O/c1-6-15(4)24-10-16(5)27-17-9-20(31)21(25-11-17)18-12-26-22(29-28-18)30-8-7-23-19(13-30)14(2)3/h6,9-12,14,19,23,27,31H,5,7-8,13H2,1-4H3/b15-6-,24-10?. The molecule has 0 aromatic carbocycles. The van der Waals surface area contributed by atoms with Gasteiger partial charge in [-0.2, -0.15) is 0 Å². The summed E-state index contributed by atoms with van der Waals surface area (Å²) in [5.74, 6) is 1.09. The van der Waals surface area contributed by atoms with Crippen molar-refractivity contribution < 1.29 is 5.11 Å². The number of aromatic nitrogens is 4. The normalized spacial score (nSPS) is 17.4. The van der Waals surface area contributed by atoms with E-state index in [2.05, 4.69) is 61.1 Å². The van der Waals surface area contributed by atoms with Crippen LogP contribution < -0.4 is 15.5 Å². The van der Waals surface area contributed by atoms with Crippen LogP contribution in [0.5, 0.6) is 5.75 Å². The Labute approximate surface area is 183 Å². The summed E-state index contributed by atoms with van der Waals surface area (Å²) in [5, 5.41) is 25.5. The number of anilines is 2. The third-order valence-corrected chi connectivity index (χ3v) is 5.10. The molecular formula is C22H30N8O. The van der Waals surface area contributed by atoms with Gasteiger partial charge in [-0.25, -0.2) is 9.97 Å². The second-order valence-electron chi connectivity index (χ2n) is 7.82. The summed E-state index contributed by atoms with van der Waals surface area (Å²) in [4.78, 5) is 15.1. The third-order valence-electron chi connectivity index (χ3n) is 5.10. The van der Waals surface area contributed by atoms with Gasteiger partial charge >= 0.3 is 0 Å². The smallest absolute Gasteiger partial charge is 0.245 e. The lowest BCUT2D eigenvalue weighted by Gasteiger charge is -2.35. The van der Waals surface area contributed by atoms with Gasteiger partial charge in [0.15, 0.2) is 0 Å². The van der Waals surface area contributed by atoms with Crippen LogP contribution >= 0.6 is 0 Å². The van der Waals surface area contributed by atoms with Crippen LogP contribution in [0.3, 0.4) is 0 Å². The van der Waals surface area contributed by atoms with Crippen LogP contribution in [0.15, 0.2) is 47.5 Å². The molecule has 2 aromatic heterocycles. The topological polar surface area (TPSA) is 111 Å². The van der Waals surface area contributed by atoms with Crippen molar-refractivity contribution >= 4 is 17.9 Å². The highest BCUT2D eigenvalue weighted by Gasteiger charge is 2.23. The average Bonchev–Trinajstić information content (AvgIpc) is 2.78. The van der Waals surface area contributed by atoms with Crippen LogP contribution in [0.1, 0.15) is 27.7 Å². The maximum atomic E-state index is 10.4. The first-order chi connectivity index (χ1) is 14.9. The zero-order valence-corrected chi connectivity index (χ0v) is 18.5. The summed E-state index contributed by atoms with van der Waals surface area (Å²) in [6.07, 6.45) is 6.70. The van der Waals surface area contributed by atoms with Crippen LogP contribution in [-0.2, 0) is 0 Å². The number of allylic oxidation sites excluding steroid dienone is 3. The number of piperazine rings is 1. The fourth-order valence-electron chi connectivity index (χ4n) is 3.12. The molecule has 0 saturated carbocycles. The molecule has 2 aromatic rings. The van der Waals surface area contributed by atoms with Crippen molar-refractivity contribution in [2.45, 2.75) is 33.7 Å².